The highest BCUT2D eigenvalue weighted by molar-refractivity contribution is 7.89. The lowest BCUT2D eigenvalue weighted by molar-refractivity contribution is -0.131. The van der Waals surface area contributed by atoms with Gasteiger partial charge in [-0.1, -0.05) is 18.2 Å². The monoisotopic (exact) mass is 419 g/mol. The van der Waals surface area contributed by atoms with E-state index in [1.807, 2.05) is 0 Å². The topological polar surface area (TPSA) is 81.5 Å². The first-order chi connectivity index (χ1) is 13.7. The fourth-order valence-corrected chi connectivity index (χ4v) is 3.76. The number of nitrogens with zero attached hydrogens (tertiary/aromatic N) is 3. The van der Waals surface area contributed by atoms with E-state index < -0.39 is 15.7 Å². The van der Waals surface area contributed by atoms with Crippen molar-refractivity contribution in [3.63, 3.8) is 0 Å². The number of rotatable bonds is 7. The van der Waals surface area contributed by atoms with Crippen molar-refractivity contribution in [1.82, 2.24) is 14.5 Å². The summed E-state index contributed by atoms with van der Waals surface area (Å²) in [5.41, 5.74) is 1.92. The van der Waals surface area contributed by atoms with Crippen LogP contribution in [0.15, 0.2) is 42.5 Å². The van der Waals surface area contributed by atoms with Gasteiger partial charge in [0.25, 0.3) is 0 Å². The van der Waals surface area contributed by atoms with E-state index in [-0.39, 0.29) is 30.5 Å². The number of amides is 1. The average Bonchev–Trinajstić information content (AvgIpc) is 2.97. The molecule has 0 N–H and O–H groups in total. The van der Waals surface area contributed by atoms with Crippen LogP contribution >= 0.6 is 0 Å². The Morgan fingerprint density at radius 1 is 1.24 bits per heavy atom. The van der Waals surface area contributed by atoms with Crippen molar-refractivity contribution >= 4 is 26.8 Å². The van der Waals surface area contributed by atoms with Crippen LogP contribution in [0.2, 0.25) is 0 Å². The molecular formula is C20H22FN3O4S. The Kier molecular flexibility index (Phi) is 5.88. The number of benzene rings is 2. The standard InChI is InChI=1S/C20H22FN3O4S/c1-23(11-14-8-9-18(28-2)15(21)10-14)20(25)12-24-17-7-5-4-6-16(17)22-19(24)13-29(3,26)27/h4-10H,11-13H2,1-3H3. The average molecular weight is 419 g/mol. The summed E-state index contributed by atoms with van der Waals surface area (Å²) in [6.07, 6.45) is 1.13. The molecule has 0 fully saturated rings. The molecule has 0 saturated heterocycles. The maximum Gasteiger partial charge on any atom is 0.242 e. The number of likely N-dealkylation sites (N-methyl/N-ethyl adjacent to an activating group) is 1. The van der Waals surface area contributed by atoms with Gasteiger partial charge in [0.05, 0.1) is 18.1 Å². The molecule has 0 aliphatic carbocycles. The number of para-hydroxylation sites is 2. The Balaban J connectivity index is 1.83. The molecule has 0 bridgehead atoms. The number of hydrogen-bond acceptors (Lipinski definition) is 5. The molecule has 154 valence electrons. The predicted octanol–water partition coefficient (Wildman–Crippen LogP) is 2.39. The first kappa shape index (κ1) is 20.8. The lowest BCUT2D eigenvalue weighted by atomic mass is 10.2. The van der Waals surface area contributed by atoms with E-state index in [0.717, 1.165) is 6.26 Å². The Morgan fingerprint density at radius 2 is 1.97 bits per heavy atom. The SMILES string of the molecule is COc1ccc(CN(C)C(=O)Cn2c(CS(C)(=O)=O)nc3ccccc32)cc1F. The van der Waals surface area contributed by atoms with E-state index in [1.54, 1.807) is 41.9 Å². The first-order valence-corrected chi connectivity index (χ1v) is 10.9. The zero-order valence-electron chi connectivity index (χ0n) is 16.4. The van der Waals surface area contributed by atoms with E-state index in [2.05, 4.69) is 4.98 Å². The van der Waals surface area contributed by atoms with Gasteiger partial charge in [-0.2, -0.15) is 0 Å². The van der Waals surface area contributed by atoms with Gasteiger partial charge in [0.15, 0.2) is 21.4 Å². The summed E-state index contributed by atoms with van der Waals surface area (Å²) in [7, 11) is -0.328. The Morgan fingerprint density at radius 3 is 2.62 bits per heavy atom. The molecule has 3 aromatic rings. The molecule has 29 heavy (non-hydrogen) atoms. The van der Waals surface area contributed by atoms with Crippen molar-refractivity contribution in [2.24, 2.45) is 0 Å². The summed E-state index contributed by atoms with van der Waals surface area (Å²) in [5.74, 6) is -0.562. The predicted molar refractivity (Wildman–Crippen MR) is 108 cm³/mol. The smallest absolute Gasteiger partial charge is 0.242 e. The van der Waals surface area contributed by atoms with Gasteiger partial charge in [-0.3, -0.25) is 4.79 Å². The van der Waals surface area contributed by atoms with Crippen molar-refractivity contribution in [2.75, 3.05) is 20.4 Å². The van der Waals surface area contributed by atoms with E-state index in [4.69, 9.17) is 4.74 Å². The second kappa shape index (κ2) is 8.20. The zero-order valence-corrected chi connectivity index (χ0v) is 17.2. The lowest BCUT2D eigenvalue weighted by Gasteiger charge is -2.19. The summed E-state index contributed by atoms with van der Waals surface area (Å²) in [6, 6.07) is 11.7. The van der Waals surface area contributed by atoms with Crippen molar-refractivity contribution in [2.45, 2.75) is 18.8 Å². The fourth-order valence-electron chi connectivity index (χ4n) is 3.07. The summed E-state index contributed by atoms with van der Waals surface area (Å²) in [5, 5.41) is 0. The van der Waals surface area contributed by atoms with Gasteiger partial charge < -0.3 is 14.2 Å². The number of halogens is 1. The molecule has 2 aromatic carbocycles. The second-order valence-corrected chi connectivity index (χ2v) is 9.03. The summed E-state index contributed by atoms with van der Waals surface area (Å²) < 4.78 is 44.0. The van der Waals surface area contributed by atoms with Crippen LogP contribution < -0.4 is 4.74 Å². The molecule has 1 aromatic heterocycles. The third-order valence-corrected chi connectivity index (χ3v) is 5.26. The third kappa shape index (κ3) is 4.92. The van der Waals surface area contributed by atoms with Crippen LogP contribution in [0.1, 0.15) is 11.4 Å². The fraction of sp³-hybridized carbons (Fsp3) is 0.300. The molecule has 0 saturated carbocycles. The number of fused-ring (bicyclic) bond motifs is 1. The minimum absolute atomic E-state index is 0.0689. The van der Waals surface area contributed by atoms with Crippen LogP contribution in [0.25, 0.3) is 11.0 Å². The molecule has 0 spiro atoms. The molecule has 0 aliphatic rings. The van der Waals surface area contributed by atoms with E-state index >= 15 is 0 Å². The molecule has 0 unspecified atom stereocenters. The number of methoxy groups -OCH3 is 1. The van der Waals surface area contributed by atoms with E-state index in [1.165, 1.54) is 24.1 Å². The van der Waals surface area contributed by atoms with Gasteiger partial charge >= 0.3 is 0 Å². The normalized spacial score (nSPS) is 11.6. The van der Waals surface area contributed by atoms with Gasteiger partial charge in [-0.25, -0.2) is 17.8 Å². The number of carbonyl (C=O) groups excluding carboxylic acids is 1. The number of hydrogen-bond donors (Lipinski definition) is 0. The van der Waals surface area contributed by atoms with Gasteiger partial charge in [0.1, 0.15) is 18.1 Å². The Labute approximate surface area is 168 Å². The number of ether oxygens (including phenoxy) is 1. The summed E-state index contributed by atoms with van der Waals surface area (Å²) in [6.45, 7) is 0.133. The number of sulfone groups is 1. The Bertz CT molecular complexity index is 1160. The molecule has 0 atom stereocenters. The summed E-state index contributed by atoms with van der Waals surface area (Å²) in [4.78, 5) is 18.6. The number of imidazole rings is 1. The van der Waals surface area contributed by atoms with Crippen LogP contribution in [0.3, 0.4) is 0 Å². The quantitative estimate of drug-likeness (QED) is 0.587. The molecule has 0 aliphatic heterocycles. The molecule has 9 heteroatoms. The zero-order chi connectivity index (χ0) is 21.2. The van der Waals surface area contributed by atoms with Crippen LogP contribution in [-0.2, 0) is 33.5 Å². The van der Waals surface area contributed by atoms with Gasteiger partial charge in [0, 0.05) is 19.8 Å². The van der Waals surface area contributed by atoms with Crippen LogP contribution in [0, 0.1) is 5.82 Å². The van der Waals surface area contributed by atoms with Crippen LogP contribution in [-0.4, -0.2) is 49.2 Å². The Hall–Kier alpha value is -2.94. The van der Waals surface area contributed by atoms with Crippen molar-refractivity contribution < 1.29 is 22.3 Å². The largest absolute Gasteiger partial charge is 0.494 e. The molecule has 1 heterocycles. The van der Waals surface area contributed by atoms with Gasteiger partial charge in [0.2, 0.25) is 5.91 Å². The molecule has 7 nitrogen and oxygen atoms in total. The highest BCUT2D eigenvalue weighted by atomic mass is 32.2. The first-order valence-electron chi connectivity index (χ1n) is 8.86. The van der Waals surface area contributed by atoms with Crippen molar-refractivity contribution in [3.05, 3.63) is 59.7 Å². The lowest BCUT2D eigenvalue weighted by Crippen LogP contribution is -2.30. The minimum Gasteiger partial charge on any atom is -0.494 e. The van der Waals surface area contributed by atoms with Crippen LogP contribution in [0.4, 0.5) is 4.39 Å². The highest BCUT2D eigenvalue weighted by Gasteiger charge is 2.19. The molecule has 0 radical (unpaired) electrons. The summed E-state index contributed by atoms with van der Waals surface area (Å²) >= 11 is 0. The van der Waals surface area contributed by atoms with E-state index in [0.29, 0.717) is 22.4 Å². The van der Waals surface area contributed by atoms with Gasteiger partial charge in [-0.05, 0) is 29.8 Å². The molecule has 1 amide bonds. The maximum absolute atomic E-state index is 13.9. The third-order valence-electron chi connectivity index (χ3n) is 4.48. The van der Waals surface area contributed by atoms with Crippen molar-refractivity contribution in [1.29, 1.82) is 0 Å². The molecular weight excluding hydrogens is 397 g/mol. The minimum atomic E-state index is -3.33. The highest BCUT2D eigenvalue weighted by Crippen LogP contribution is 2.20. The van der Waals surface area contributed by atoms with Crippen LogP contribution in [0.5, 0.6) is 5.75 Å². The second-order valence-electron chi connectivity index (χ2n) is 6.89. The number of aromatic nitrogens is 2. The van der Waals surface area contributed by atoms with E-state index in [9.17, 15) is 17.6 Å². The van der Waals surface area contributed by atoms with Gasteiger partial charge in [-0.15, -0.1) is 0 Å². The molecule has 3 rings (SSSR count). The number of carbonyl (C=O) groups is 1. The van der Waals surface area contributed by atoms with Crippen molar-refractivity contribution in [3.8, 4) is 5.75 Å². The maximum atomic E-state index is 13.9.